The van der Waals surface area contributed by atoms with Crippen molar-refractivity contribution in [2.24, 2.45) is 0 Å². The Labute approximate surface area is 192 Å². The van der Waals surface area contributed by atoms with Gasteiger partial charge in [-0.25, -0.2) is 4.68 Å². The van der Waals surface area contributed by atoms with Crippen LogP contribution in [0.3, 0.4) is 0 Å². The van der Waals surface area contributed by atoms with Crippen molar-refractivity contribution in [3.05, 3.63) is 71.0 Å². The summed E-state index contributed by atoms with van der Waals surface area (Å²) in [6, 6.07) is 15.5. The molecule has 0 saturated heterocycles. The van der Waals surface area contributed by atoms with Gasteiger partial charge in [0.2, 0.25) is 0 Å². The average molecular weight is 446 g/mol. The second-order valence-corrected chi connectivity index (χ2v) is 8.45. The highest BCUT2D eigenvalue weighted by Gasteiger charge is 2.42. The normalized spacial score (nSPS) is 16.3. The van der Waals surface area contributed by atoms with Crippen LogP contribution in [0.5, 0.6) is 5.75 Å². The van der Waals surface area contributed by atoms with E-state index in [0.717, 1.165) is 18.5 Å². The van der Waals surface area contributed by atoms with Crippen molar-refractivity contribution in [2.75, 3.05) is 32.6 Å². The number of nitrogens with zero attached hydrogens (tertiary/aromatic N) is 3. The van der Waals surface area contributed by atoms with E-state index in [1.807, 2.05) is 43.4 Å². The van der Waals surface area contributed by atoms with Crippen LogP contribution in [0.25, 0.3) is 5.69 Å². The predicted octanol–water partition coefficient (Wildman–Crippen LogP) is 2.65. The van der Waals surface area contributed by atoms with Crippen LogP contribution in [0.2, 0.25) is 0 Å². The third-order valence-electron chi connectivity index (χ3n) is 6.74. The summed E-state index contributed by atoms with van der Waals surface area (Å²) in [5.41, 5.74) is 4.23. The highest BCUT2D eigenvalue weighted by atomic mass is 16.5. The maximum absolute atomic E-state index is 13.7. The van der Waals surface area contributed by atoms with Crippen LogP contribution in [0.15, 0.2) is 48.5 Å². The molecule has 170 valence electrons. The first-order valence-corrected chi connectivity index (χ1v) is 11.1. The molecular formula is C25H27N5O3. The highest BCUT2D eigenvalue weighted by Crippen LogP contribution is 2.45. The van der Waals surface area contributed by atoms with E-state index in [2.05, 4.69) is 27.9 Å². The fourth-order valence-corrected chi connectivity index (χ4v) is 4.59. The number of nitrogens with one attached hydrogen (secondary N) is 2. The van der Waals surface area contributed by atoms with Crippen molar-refractivity contribution in [1.82, 2.24) is 20.4 Å². The first kappa shape index (κ1) is 21.2. The molecule has 1 aliphatic heterocycles. The largest absolute Gasteiger partial charge is 0.497 e. The van der Waals surface area contributed by atoms with Crippen molar-refractivity contribution >= 4 is 17.5 Å². The summed E-state index contributed by atoms with van der Waals surface area (Å²) in [6.07, 6.45) is 2.79. The highest BCUT2D eigenvalue weighted by molar-refractivity contribution is 6.09. The maximum atomic E-state index is 13.7. The first-order valence-electron chi connectivity index (χ1n) is 11.1. The zero-order valence-corrected chi connectivity index (χ0v) is 19.0. The number of hydrogen-bond donors (Lipinski definition) is 2. The number of anilines is 1. The Morgan fingerprint density at radius 1 is 1.03 bits per heavy atom. The molecule has 2 amide bonds. The van der Waals surface area contributed by atoms with Gasteiger partial charge in [-0.05, 0) is 68.3 Å². The van der Waals surface area contributed by atoms with Crippen LogP contribution in [0.1, 0.15) is 44.9 Å². The summed E-state index contributed by atoms with van der Waals surface area (Å²) in [5.74, 6) is 0.234. The van der Waals surface area contributed by atoms with Crippen LogP contribution < -0.4 is 20.3 Å². The van der Waals surface area contributed by atoms with Crippen molar-refractivity contribution < 1.29 is 14.3 Å². The fraction of sp³-hybridized carbons (Fsp3) is 0.320. The van der Waals surface area contributed by atoms with E-state index < -0.39 is 0 Å². The lowest BCUT2D eigenvalue weighted by atomic mass is 10.0. The van der Waals surface area contributed by atoms with Crippen LogP contribution >= 0.6 is 0 Å². The summed E-state index contributed by atoms with van der Waals surface area (Å²) in [6.45, 7) is 0.487. The van der Waals surface area contributed by atoms with E-state index >= 15 is 0 Å². The number of fused-ring (bicyclic) bond motifs is 1. The van der Waals surface area contributed by atoms with E-state index in [4.69, 9.17) is 4.74 Å². The molecule has 2 heterocycles. The molecule has 8 nitrogen and oxygen atoms in total. The second kappa shape index (κ2) is 8.04. The zero-order chi connectivity index (χ0) is 23.2. The summed E-state index contributed by atoms with van der Waals surface area (Å²) < 4.78 is 6.82. The number of rotatable bonds is 6. The molecule has 1 saturated carbocycles. The molecule has 1 fully saturated rings. The van der Waals surface area contributed by atoms with Gasteiger partial charge in [0.1, 0.15) is 11.4 Å². The lowest BCUT2D eigenvalue weighted by Gasteiger charge is -2.28. The zero-order valence-electron chi connectivity index (χ0n) is 19.0. The van der Waals surface area contributed by atoms with Gasteiger partial charge in [-0.2, -0.15) is 5.10 Å². The van der Waals surface area contributed by atoms with E-state index in [1.165, 1.54) is 5.56 Å². The molecule has 2 aliphatic rings. The molecule has 2 aromatic carbocycles. The maximum Gasteiger partial charge on any atom is 0.277 e. The number of amides is 2. The van der Waals surface area contributed by atoms with Gasteiger partial charge in [0.05, 0.1) is 12.8 Å². The number of hydrogen-bond acceptors (Lipinski definition) is 5. The summed E-state index contributed by atoms with van der Waals surface area (Å²) in [7, 11) is 5.15. The molecule has 33 heavy (non-hydrogen) atoms. The fourth-order valence-electron chi connectivity index (χ4n) is 4.59. The lowest BCUT2D eigenvalue weighted by molar-refractivity contribution is 0.0956. The topological polar surface area (TPSA) is 88.5 Å². The van der Waals surface area contributed by atoms with Crippen molar-refractivity contribution in [3.63, 3.8) is 0 Å². The van der Waals surface area contributed by atoms with Crippen LogP contribution in [0, 0.1) is 0 Å². The van der Waals surface area contributed by atoms with Gasteiger partial charge in [0, 0.05) is 30.4 Å². The minimum absolute atomic E-state index is 0.0764. The van der Waals surface area contributed by atoms with Gasteiger partial charge in [-0.1, -0.05) is 12.1 Å². The minimum Gasteiger partial charge on any atom is -0.497 e. The van der Waals surface area contributed by atoms with Crippen LogP contribution in [-0.4, -0.2) is 49.3 Å². The number of ether oxygens (including phenoxy) is 1. The van der Waals surface area contributed by atoms with Crippen LogP contribution in [0.4, 0.5) is 5.69 Å². The van der Waals surface area contributed by atoms with Crippen LogP contribution in [-0.2, 0) is 12.0 Å². The van der Waals surface area contributed by atoms with Gasteiger partial charge in [0.25, 0.3) is 11.8 Å². The summed E-state index contributed by atoms with van der Waals surface area (Å²) >= 11 is 0. The number of aromatic nitrogens is 2. The monoisotopic (exact) mass is 445 g/mol. The Bertz CT molecular complexity index is 1210. The Morgan fingerprint density at radius 2 is 1.70 bits per heavy atom. The number of carbonyl (C=O) groups excluding carboxylic acids is 2. The van der Waals surface area contributed by atoms with Gasteiger partial charge in [0.15, 0.2) is 5.69 Å². The molecule has 0 unspecified atom stereocenters. The van der Waals surface area contributed by atoms with Gasteiger partial charge in [-0.3, -0.25) is 9.59 Å². The molecule has 1 aromatic heterocycles. The number of methoxy groups -OCH3 is 1. The predicted molar refractivity (Wildman–Crippen MR) is 125 cm³/mol. The third kappa shape index (κ3) is 3.47. The Morgan fingerprint density at radius 3 is 2.27 bits per heavy atom. The van der Waals surface area contributed by atoms with E-state index in [9.17, 15) is 9.59 Å². The van der Waals surface area contributed by atoms with Gasteiger partial charge < -0.3 is 20.3 Å². The molecule has 5 rings (SSSR count). The molecule has 1 aliphatic carbocycles. The van der Waals surface area contributed by atoms with E-state index in [0.29, 0.717) is 35.7 Å². The summed E-state index contributed by atoms with van der Waals surface area (Å²) in [4.78, 5) is 28.0. The first-order chi connectivity index (χ1) is 16.0. The lowest BCUT2D eigenvalue weighted by Crippen LogP contribution is -2.39. The van der Waals surface area contributed by atoms with E-state index in [-0.39, 0.29) is 23.0 Å². The molecule has 2 N–H and O–H groups in total. The number of carbonyl (C=O) groups is 2. The quantitative estimate of drug-likeness (QED) is 0.609. The molecule has 8 heteroatoms. The molecule has 0 radical (unpaired) electrons. The molecule has 0 bridgehead atoms. The van der Waals surface area contributed by atoms with Gasteiger partial charge in [-0.15, -0.1) is 0 Å². The summed E-state index contributed by atoms with van der Waals surface area (Å²) in [5, 5.41) is 10.6. The molecule has 0 atom stereocenters. The Balaban J connectivity index is 1.54. The second-order valence-electron chi connectivity index (χ2n) is 8.45. The van der Waals surface area contributed by atoms with Crippen molar-refractivity contribution in [2.45, 2.75) is 24.8 Å². The van der Waals surface area contributed by atoms with Crippen molar-refractivity contribution in [1.29, 1.82) is 0 Å². The SMILES string of the molecule is CNC(=O)c1nn(-c2ccc(OC)cc2)c2c1CCN(c1ccc(C3(NC)CC3)cc1)C2=O. The number of benzene rings is 2. The molecule has 0 spiro atoms. The van der Waals surface area contributed by atoms with Gasteiger partial charge >= 0.3 is 0 Å². The molecular weight excluding hydrogens is 418 g/mol. The third-order valence-corrected chi connectivity index (χ3v) is 6.74. The smallest absolute Gasteiger partial charge is 0.277 e. The standard InChI is InChI=1S/C25H27N5O3/c1-26-23(31)21-20-12-15-29(17-6-4-16(5-7-17)25(27-2)13-14-25)24(32)22(20)30(28-21)18-8-10-19(33-3)11-9-18/h4-11,27H,12-15H2,1-3H3,(H,26,31). The van der Waals surface area contributed by atoms with Crippen molar-refractivity contribution in [3.8, 4) is 11.4 Å². The van der Waals surface area contributed by atoms with E-state index in [1.54, 1.807) is 23.7 Å². The minimum atomic E-state index is -0.300. The Kier molecular flexibility index (Phi) is 5.17. The molecule has 3 aromatic rings. The average Bonchev–Trinajstić information content (AvgIpc) is 3.57. The Hall–Kier alpha value is -3.65.